The molecule has 5 heteroatoms. The van der Waals surface area contributed by atoms with Gasteiger partial charge in [0.15, 0.2) is 5.82 Å². The van der Waals surface area contributed by atoms with Crippen molar-refractivity contribution in [3.05, 3.63) is 75.6 Å². The average molecular weight is 280 g/mol. The summed E-state index contributed by atoms with van der Waals surface area (Å²) in [6.45, 7) is 2.00. The molecule has 0 radical (unpaired) electrons. The number of benzene rings is 1. The van der Waals surface area contributed by atoms with Gasteiger partial charge in [-0.1, -0.05) is 47.1 Å². The number of rotatable bonds is 2. The molecule has 1 aliphatic carbocycles. The predicted octanol–water partition coefficient (Wildman–Crippen LogP) is 2.17. The third-order valence-corrected chi connectivity index (χ3v) is 3.41. The minimum absolute atomic E-state index is 0.300. The Hall–Kier alpha value is -2.91. The molecular weight excluding hydrogens is 268 g/mol. The van der Waals surface area contributed by atoms with Gasteiger partial charge < -0.3 is 0 Å². The topological polar surface area (TPSA) is 76.0 Å². The molecule has 0 amide bonds. The Bertz CT molecular complexity index is 831. The first-order chi connectivity index (χ1) is 10.2. The molecule has 104 valence electrons. The number of H-pyrrole nitrogens is 1. The van der Waals surface area contributed by atoms with Crippen molar-refractivity contribution >= 4 is 11.5 Å². The molecule has 1 aromatic heterocycles. The van der Waals surface area contributed by atoms with Crippen molar-refractivity contribution in [2.75, 3.05) is 0 Å². The number of allylic oxidation sites excluding steroid dienone is 5. The van der Waals surface area contributed by atoms with Crippen LogP contribution >= 0.6 is 0 Å². The summed E-state index contributed by atoms with van der Waals surface area (Å²) in [5.41, 5.74) is 3.35. The summed E-state index contributed by atoms with van der Waals surface area (Å²) in [7, 11) is 0. The van der Waals surface area contributed by atoms with E-state index in [1.165, 1.54) is 0 Å². The summed E-state index contributed by atoms with van der Waals surface area (Å²) in [6, 6.07) is 7.91. The normalized spacial score (nSPS) is 17.5. The van der Waals surface area contributed by atoms with Crippen LogP contribution in [0.15, 0.2) is 57.4 Å². The van der Waals surface area contributed by atoms with Gasteiger partial charge >= 0.3 is 5.76 Å². The van der Waals surface area contributed by atoms with Crippen molar-refractivity contribution in [1.82, 2.24) is 10.1 Å². The van der Waals surface area contributed by atoms with E-state index in [-0.39, 0.29) is 0 Å². The van der Waals surface area contributed by atoms with E-state index >= 15 is 0 Å². The minimum Gasteiger partial charge on any atom is -0.296 e. The largest absolute Gasteiger partial charge is 0.438 e. The summed E-state index contributed by atoms with van der Waals surface area (Å²) >= 11 is 0. The van der Waals surface area contributed by atoms with Crippen molar-refractivity contribution in [2.24, 2.45) is 0 Å². The fourth-order valence-corrected chi connectivity index (χ4v) is 2.38. The number of aromatic nitrogens is 2. The molecular formula is C16H12N2O3. The minimum atomic E-state index is -0.645. The van der Waals surface area contributed by atoms with Crippen LogP contribution in [-0.2, 0) is 4.79 Å². The van der Waals surface area contributed by atoms with Gasteiger partial charge in [-0.25, -0.2) is 9.59 Å². The van der Waals surface area contributed by atoms with Crippen LogP contribution in [0.25, 0.3) is 5.57 Å². The first-order valence-corrected chi connectivity index (χ1v) is 6.45. The highest BCUT2D eigenvalue weighted by Crippen LogP contribution is 2.38. The molecule has 0 fully saturated rings. The highest BCUT2D eigenvalue weighted by atomic mass is 16.5. The SMILES string of the molecule is Cc1ccc(C2=CC=CC(=C=O)C2c2noc(=O)[nH]2)cc1. The van der Waals surface area contributed by atoms with E-state index in [0.29, 0.717) is 11.4 Å². The van der Waals surface area contributed by atoms with Crippen LogP contribution < -0.4 is 5.76 Å². The fourth-order valence-electron chi connectivity index (χ4n) is 2.38. The maximum absolute atomic E-state index is 11.2. The van der Waals surface area contributed by atoms with Gasteiger partial charge in [0, 0.05) is 0 Å². The zero-order valence-electron chi connectivity index (χ0n) is 11.3. The average Bonchev–Trinajstić information content (AvgIpc) is 2.93. The summed E-state index contributed by atoms with van der Waals surface area (Å²) in [4.78, 5) is 24.9. The molecule has 1 atom stereocenters. The van der Waals surface area contributed by atoms with Gasteiger partial charge in [-0.15, -0.1) is 0 Å². The highest BCUT2D eigenvalue weighted by Gasteiger charge is 2.27. The molecule has 1 heterocycles. The smallest absolute Gasteiger partial charge is 0.296 e. The zero-order chi connectivity index (χ0) is 14.8. The molecule has 1 aromatic carbocycles. The predicted molar refractivity (Wildman–Crippen MR) is 77.4 cm³/mol. The number of nitrogens with zero attached hydrogens (tertiary/aromatic N) is 1. The Morgan fingerprint density at radius 2 is 2.05 bits per heavy atom. The summed E-state index contributed by atoms with van der Waals surface area (Å²) in [6.07, 6.45) is 5.33. The lowest BCUT2D eigenvalue weighted by atomic mass is 9.83. The van der Waals surface area contributed by atoms with Crippen molar-refractivity contribution in [1.29, 1.82) is 0 Å². The van der Waals surface area contributed by atoms with Gasteiger partial charge in [0.05, 0.1) is 11.5 Å². The van der Waals surface area contributed by atoms with Crippen LogP contribution in [0.1, 0.15) is 22.9 Å². The van der Waals surface area contributed by atoms with Crippen molar-refractivity contribution in [3.63, 3.8) is 0 Å². The summed E-state index contributed by atoms with van der Waals surface area (Å²) in [5.74, 6) is 1.08. The van der Waals surface area contributed by atoms with Gasteiger partial charge in [-0.3, -0.25) is 9.51 Å². The van der Waals surface area contributed by atoms with E-state index < -0.39 is 11.7 Å². The van der Waals surface area contributed by atoms with Gasteiger partial charge in [0.1, 0.15) is 5.94 Å². The molecule has 21 heavy (non-hydrogen) atoms. The van der Waals surface area contributed by atoms with E-state index in [2.05, 4.69) is 14.7 Å². The standard InChI is InChI=1S/C16H12N2O3/c1-10-5-7-11(8-6-10)13-4-2-3-12(9-19)14(13)15-17-16(20)21-18-15/h2-8,14H,1H3,(H,17,18,20). The molecule has 3 rings (SSSR count). The van der Waals surface area contributed by atoms with Crippen LogP contribution in [0.5, 0.6) is 0 Å². The Morgan fingerprint density at radius 1 is 1.29 bits per heavy atom. The van der Waals surface area contributed by atoms with Gasteiger partial charge in [-0.2, -0.15) is 0 Å². The van der Waals surface area contributed by atoms with Crippen molar-refractivity contribution in [2.45, 2.75) is 12.8 Å². The van der Waals surface area contributed by atoms with Crippen LogP contribution in [0.3, 0.4) is 0 Å². The second kappa shape index (κ2) is 5.23. The Kier molecular flexibility index (Phi) is 3.26. The molecule has 5 nitrogen and oxygen atoms in total. The molecule has 0 bridgehead atoms. The molecule has 2 aromatic rings. The maximum Gasteiger partial charge on any atom is 0.438 e. The van der Waals surface area contributed by atoms with Crippen molar-refractivity contribution < 1.29 is 9.32 Å². The number of hydrogen-bond acceptors (Lipinski definition) is 4. The Balaban J connectivity index is 2.14. The molecule has 1 N–H and O–H groups in total. The summed E-state index contributed by atoms with van der Waals surface area (Å²) < 4.78 is 4.56. The summed E-state index contributed by atoms with van der Waals surface area (Å²) in [5, 5.41) is 3.71. The first-order valence-electron chi connectivity index (χ1n) is 6.45. The lowest BCUT2D eigenvalue weighted by Gasteiger charge is -2.20. The number of aryl methyl sites for hydroxylation is 1. The number of carbonyl (C=O) groups excluding carboxylic acids is 1. The van der Waals surface area contributed by atoms with Crippen LogP contribution in [0, 0.1) is 6.92 Å². The van der Waals surface area contributed by atoms with E-state index in [1.807, 2.05) is 43.2 Å². The molecule has 0 aliphatic heterocycles. The molecule has 1 unspecified atom stereocenters. The second-order valence-corrected chi connectivity index (χ2v) is 4.82. The fraction of sp³-hybridized carbons (Fsp3) is 0.125. The van der Waals surface area contributed by atoms with E-state index in [9.17, 15) is 9.59 Å². The third-order valence-electron chi connectivity index (χ3n) is 3.41. The lowest BCUT2D eigenvalue weighted by molar-refractivity contribution is 0.381. The van der Waals surface area contributed by atoms with Gasteiger partial charge in [0.25, 0.3) is 0 Å². The quantitative estimate of drug-likeness (QED) is 0.855. The zero-order valence-corrected chi connectivity index (χ0v) is 11.3. The molecule has 1 aliphatic rings. The number of aromatic amines is 1. The molecule has 0 saturated carbocycles. The number of hydrogen-bond donors (Lipinski definition) is 1. The van der Waals surface area contributed by atoms with Crippen LogP contribution in [0.2, 0.25) is 0 Å². The second-order valence-electron chi connectivity index (χ2n) is 4.82. The highest BCUT2D eigenvalue weighted by molar-refractivity contribution is 5.82. The molecule has 0 spiro atoms. The van der Waals surface area contributed by atoms with Gasteiger partial charge in [0.2, 0.25) is 0 Å². The third kappa shape index (κ3) is 2.42. The monoisotopic (exact) mass is 280 g/mol. The van der Waals surface area contributed by atoms with Crippen molar-refractivity contribution in [3.8, 4) is 0 Å². The van der Waals surface area contributed by atoms with E-state index in [1.54, 1.807) is 12.2 Å². The van der Waals surface area contributed by atoms with Crippen LogP contribution in [-0.4, -0.2) is 16.1 Å². The molecule has 0 saturated heterocycles. The maximum atomic E-state index is 11.2. The Morgan fingerprint density at radius 3 is 2.67 bits per heavy atom. The van der Waals surface area contributed by atoms with E-state index in [4.69, 9.17) is 0 Å². The number of nitrogens with one attached hydrogen (secondary N) is 1. The van der Waals surface area contributed by atoms with Gasteiger partial charge in [-0.05, 0) is 24.1 Å². The first kappa shape index (κ1) is 13.1. The Labute approximate surface area is 120 Å². The van der Waals surface area contributed by atoms with Crippen LogP contribution in [0.4, 0.5) is 0 Å². The lowest BCUT2D eigenvalue weighted by Crippen LogP contribution is -2.11. The van der Waals surface area contributed by atoms with E-state index in [0.717, 1.165) is 16.7 Å².